The van der Waals surface area contributed by atoms with Crippen molar-refractivity contribution in [3.8, 4) is 0 Å². The van der Waals surface area contributed by atoms with Crippen LogP contribution in [0.3, 0.4) is 0 Å². The first-order valence-corrected chi connectivity index (χ1v) is 7.69. The molecular formula is C17H27NO3. The number of hydrogen-bond donors (Lipinski definition) is 3. The Morgan fingerprint density at radius 2 is 1.76 bits per heavy atom. The molecule has 0 heterocycles. The number of nitrogens with one attached hydrogen (secondary N) is 1. The van der Waals surface area contributed by atoms with Gasteiger partial charge >= 0.3 is 5.97 Å². The van der Waals surface area contributed by atoms with Crippen LogP contribution in [0.15, 0.2) is 30.3 Å². The zero-order chi connectivity index (χ0) is 15.7. The van der Waals surface area contributed by atoms with Gasteiger partial charge in [-0.15, -0.1) is 0 Å². The third-order valence-corrected chi connectivity index (χ3v) is 4.02. The fourth-order valence-corrected chi connectivity index (χ4v) is 2.45. The second-order valence-corrected chi connectivity index (χ2v) is 5.61. The van der Waals surface area contributed by atoms with Gasteiger partial charge in [0.2, 0.25) is 0 Å². The van der Waals surface area contributed by atoms with Gasteiger partial charge in [-0.25, -0.2) is 0 Å². The summed E-state index contributed by atoms with van der Waals surface area (Å²) >= 11 is 0. The average Bonchev–Trinajstić information content (AvgIpc) is 2.55. The molecule has 0 radical (unpaired) electrons. The molecule has 1 aromatic carbocycles. The zero-order valence-corrected chi connectivity index (χ0v) is 13.0. The molecule has 0 bridgehead atoms. The Hall–Kier alpha value is -1.39. The molecule has 0 aromatic heterocycles. The average molecular weight is 293 g/mol. The summed E-state index contributed by atoms with van der Waals surface area (Å²) in [6.07, 6.45) is 4.82. The number of carboxylic acids is 1. The number of carbonyl (C=O) groups is 1. The molecule has 1 aliphatic rings. The SMILES string of the molecule is CN[C@@H](C)[C@@H](O)c1ccccc1.O=C(O)C1CCCCC1. The molecule has 0 saturated heterocycles. The van der Waals surface area contributed by atoms with Crippen molar-refractivity contribution in [3.63, 3.8) is 0 Å². The minimum Gasteiger partial charge on any atom is -0.481 e. The van der Waals surface area contributed by atoms with Gasteiger partial charge in [0.15, 0.2) is 0 Å². The molecule has 2 atom stereocenters. The Labute approximate surface area is 127 Å². The van der Waals surface area contributed by atoms with E-state index in [0.29, 0.717) is 0 Å². The molecule has 3 N–H and O–H groups in total. The lowest BCUT2D eigenvalue weighted by molar-refractivity contribution is -0.142. The van der Waals surface area contributed by atoms with Gasteiger partial charge in [-0.3, -0.25) is 4.79 Å². The highest BCUT2D eigenvalue weighted by atomic mass is 16.4. The van der Waals surface area contributed by atoms with E-state index in [2.05, 4.69) is 5.32 Å². The van der Waals surface area contributed by atoms with Crippen LogP contribution in [0.25, 0.3) is 0 Å². The minimum absolute atomic E-state index is 0.0289. The molecule has 0 amide bonds. The van der Waals surface area contributed by atoms with E-state index in [4.69, 9.17) is 5.11 Å². The molecule has 1 fully saturated rings. The van der Waals surface area contributed by atoms with Crippen molar-refractivity contribution in [2.24, 2.45) is 5.92 Å². The minimum atomic E-state index is -0.602. The van der Waals surface area contributed by atoms with Crippen LogP contribution in [0.1, 0.15) is 50.7 Å². The number of benzene rings is 1. The van der Waals surface area contributed by atoms with Crippen LogP contribution in [0, 0.1) is 5.92 Å². The third kappa shape index (κ3) is 6.27. The first-order chi connectivity index (χ1) is 10.1. The summed E-state index contributed by atoms with van der Waals surface area (Å²) < 4.78 is 0. The zero-order valence-electron chi connectivity index (χ0n) is 13.0. The molecule has 21 heavy (non-hydrogen) atoms. The Balaban J connectivity index is 0.000000219. The van der Waals surface area contributed by atoms with Crippen LogP contribution < -0.4 is 5.32 Å². The maximum atomic E-state index is 10.4. The molecule has 1 aromatic rings. The topological polar surface area (TPSA) is 69.6 Å². The second-order valence-electron chi connectivity index (χ2n) is 5.61. The van der Waals surface area contributed by atoms with E-state index in [-0.39, 0.29) is 12.0 Å². The summed E-state index contributed by atoms with van der Waals surface area (Å²) in [4.78, 5) is 10.4. The standard InChI is InChI=1S/C10H15NO.C7H12O2/c1-8(11-2)10(12)9-6-4-3-5-7-9;8-7(9)6-4-2-1-3-5-6/h3-8,10-12H,1-2H3;6H,1-5H2,(H,8,9)/t8-,10+;/m0./s1. The van der Waals surface area contributed by atoms with Gasteiger partial charge in [-0.1, -0.05) is 49.6 Å². The van der Waals surface area contributed by atoms with Crippen LogP contribution in [-0.2, 0) is 4.79 Å². The van der Waals surface area contributed by atoms with Gasteiger partial charge in [-0.05, 0) is 32.4 Å². The van der Waals surface area contributed by atoms with E-state index in [0.717, 1.165) is 31.2 Å². The first kappa shape index (κ1) is 17.7. The van der Waals surface area contributed by atoms with Crippen LogP contribution in [0.5, 0.6) is 0 Å². The van der Waals surface area contributed by atoms with Crippen LogP contribution in [0.2, 0.25) is 0 Å². The normalized spacial score (nSPS) is 18.2. The first-order valence-electron chi connectivity index (χ1n) is 7.69. The Bertz CT molecular complexity index is 402. The fourth-order valence-electron chi connectivity index (χ4n) is 2.45. The summed E-state index contributed by atoms with van der Waals surface area (Å²) in [6.45, 7) is 1.96. The number of carboxylic acid groups (broad SMARTS) is 1. The van der Waals surface area contributed by atoms with Crippen molar-refractivity contribution in [2.75, 3.05) is 7.05 Å². The number of likely N-dealkylation sites (N-methyl/N-ethyl adjacent to an activating group) is 1. The lowest BCUT2D eigenvalue weighted by atomic mass is 9.90. The number of aliphatic hydroxyl groups excluding tert-OH is 1. The van der Waals surface area contributed by atoms with Gasteiger partial charge < -0.3 is 15.5 Å². The van der Waals surface area contributed by atoms with Crippen molar-refractivity contribution in [1.29, 1.82) is 0 Å². The largest absolute Gasteiger partial charge is 0.481 e. The van der Waals surface area contributed by atoms with Crippen molar-refractivity contribution >= 4 is 5.97 Å². The molecule has 1 saturated carbocycles. The highest BCUT2D eigenvalue weighted by molar-refractivity contribution is 5.69. The summed E-state index contributed by atoms with van der Waals surface area (Å²) in [5.41, 5.74) is 0.958. The van der Waals surface area contributed by atoms with Crippen LogP contribution in [-0.4, -0.2) is 29.3 Å². The van der Waals surface area contributed by atoms with Crippen molar-refractivity contribution < 1.29 is 15.0 Å². The van der Waals surface area contributed by atoms with E-state index in [1.54, 1.807) is 0 Å². The number of rotatable bonds is 4. The predicted molar refractivity (Wildman–Crippen MR) is 84.1 cm³/mol. The third-order valence-electron chi connectivity index (χ3n) is 4.02. The van der Waals surface area contributed by atoms with E-state index in [1.165, 1.54) is 6.42 Å². The quantitative estimate of drug-likeness (QED) is 0.798. The van der Waals surface area contributed by atoms with Gasteiger partial charge in [-0.2, -0.15) is 0 Å². The lowest BCUT2D eigenvalue weighted by Crippen LogP contribution is -2.28. The van der Waals surface area contributed by atoms with Gasteiger partial charge in [0.1, 0.15) is 0 Å². The number of aliphatic hydroxyl groups is 1. The maximum absolute atomic E-state index is 10.4. The lowest BCUT2D eigenvalue weighted by Gasteiger charge is -2.17. The number of aliphatic carboxylic acids is 1. The molecule has 2 rings (SSSR count). The van der Waals surface area contributed by atoms with Crippen molar-refractivity contribution in [1.82, 2.24) is 5.32 Å². The smallest absolute Gasteiger partial charge is 0.306 e. The highest BCUT2D eigenvalue weighted by Crippen LogP contribution is 2.23. The Morgan fingerprint density at radius 3 is 2.19 bits per heavy atom. The van der Waals surface area contributed by atoms with Crippen molar-refractivity contribution in [2.45, 2.75) is 51.2 Å². The molecule has 4 nitrogen and oxygen atoms in total. The molecule has 1 aliphatic carbocycles. The predicted octanol–water partition coefficient (Wildman–Crippen LogP) is 2.98. The highest BCUT2D eigenvalue weighted by Gasteiger charge is 2.19. The molecular weight excluding hydrogens is 266 g/mol. The van der Waals surface area contributed by atoms with E-state index in [1.807, 2.05) is 44.3 Å². The second kappa shape index (κ2) is 9.53. The molecule has 0 unspecified atom stereocenters. The summed E-state index contributed by atoms with van der Waals surface area (Å²) in [7, 11) is 1.84. The maximum Gasteiger partial charge on any atom is 0.306 e. The Morgan fingerprint density at radius 1 is 1.19 bits per heavy atom. The van der Waals surface area contributed by atoms with Crippen LogP contribution >= 0.6 is 0 Å². The fraction of sp³-hybridized carbons (Fsp3) is 0.588. The van der Waals surface area contributed by atoms with Crippen molar-refractivity contribution in [3.05, 3.63) is 35.9 Å². The van der Waals surface area contributed by atoms with Gasteiger partial charge in [0.25, 0.3) is 0 Å². The van der Waals surface area contributed by atoms with Gasteiger partial charge in [0.05, 0.1) is 12.0 Å². The van der Waals surface area contributed by atoms with Crippen LogP contribution in [0.4, 0.5) is 0 Å². The van der Waals surface area contributed by atoms with E-state index >= 15 is 0 Å². The number of hydrogen-bond acceptors (Lipinski definition) is 3. The van der Waals surface area contributed by atoms with E-state index in [9.17, 15) is 9.90 Å². The summed E-state index contributed by atoms with van der Waals surface area (Å²) in [6, 6.07) is 9.76. The monoisotopic (exact) mass is 293 g/mol. The molecule has 0 spiro atoms. The molecule has 0 aliphatic heterocycles. The van der Waals surface area contributed by atoms with Gasteiger partial charge in [0, 0.05) is 6.04 Å². The summed E-state index contributed by atoms with van der Waals surface area (Å²) in [5, 5.41) is 21.3. The van der Waals surface area contributed by atoms with E-state index < -0.39 is 12.1 Å². The Kier molecular flexibility index (Phi) is 8.01. The molecule has 118 valence electrons. The molecule has 4 heteroatoms. The summed E-state index contributed by atoms with van der Waals surface area (Å²) in [5.74, 6) is -0.631.